The summed E-state index contributed by atoms with van der Waals surface area (Å²) < 4.78 is 32.2. The lowest BCUT2D eigenvalue weighted by molar-refractivity contribution is 0.179. The Hall–Kier alpha value is -1.26. The van der Waals surface area contributed by atoms with Crippen molar-refractivity contribution in [2.45, 2.75) is 17.4 Å². The highest BCUT2D eigenvalue weighted by atomic mass is 35.5. The number of piperazine rings is 1. The summed E-state index contributed by atoms with van der Waals surface area (Å²) in [7, 11) is -3.58. The van der Waals surface area contributed by atoms with Crippen LogP contribution in [0.5, 0.6) is 0 Å². The van der Waals surface area contributed by atoms with Gasteiger partial charge in [-0.3, -0.25) is 4.90 Å². The van der Waals surface area contributed by atoms with Gasteiger partial charge in [0, 0.05) is 45.3 Å². The number of sulfonamides is 1. The highest BCUT2D eigenvalue weighted by molar-refractivity contribution is 7.89. The van der Waals surface area contributed by atoms with E-state index in [-0.39, 0.29) is 17.3 Å². The van der Waals surface area contributed by atoms with E-state index in [1.165, 1.54) is 0 Å². The lowest BCUT2D eigenvalue weighted by atomic mass is 10.2. The molecular weight excluding hydrogens is 354 g/mol. The van der Waals surface area contributed by atoms with E-state index >= 15 is 0 Å². The number of fused-ring (bicyclic) bond motifs is 1. The zero-order valence-electron chi connectivity index (χ0n) is 13.1. The molecule has 24 heavy (non-hydrogen) atoms. The van der Waals surface area contributed by atoms with Crippen LogP contribution < -0.4 is 5.32 Å². The van der Waals surface area contributed by atoms with Crippen molar-refractivity contribution in [3.05, 3.63) is 18.2 Å². The number of nitrogens with one attached hydrogen (secondary N) is 1. The van der Waals surface area contributed by atoms with Crippen molar-refractivity contribution in [3.63, 3.8) is 0 Å². The van der Waals surface area contributed by atoms with E-state index in [9.17, 15) is 8.42 Å². The maximum absolute atomic E-state index is 13.0. The Kier molecular flexibility index (Phi) is 5.07. The number of benzene rings is 1. The molecule has 1 aromatic heterocycles. The summed E-state index contributed by atoms with van der Waals surface area (Å²) in [5.41, 5.74) is 0.766. The SMILES string of the molecule is Cl.O=S(=O)(c1cccc2nonc12)N1CCC(N2CCNCC2)C1. The fraction of sp³-hybridized carbons (Fsp3) is 0.571. The predicted molar refractivity (Wildman–Crippen MR) is 90.7 cm³/mol. The van der Waals surface area contributed by atoms with Crippen molar-refractivity contribution in [1.29, 1.82) is 0 Å². The minimum absolute atomic E-state index is 0. The highest BCUT2D eigenvalue weighted by Crippen LogP contribution is 2.27. The van der Waals surface area contributed by atoms with Gasteiger partial charge in [-0.05, 0) is 28.9 Å². The van der Waals surface area contributed by atoms with Crippen LogP contribution in [0.4, 0.5) is 0 Å². The number of halogens is 1. The molecular formula is C14H20ClN5O3S. The van der Waals surface area contributed by atoms with E-state index in [1.54, 1.807) is 22.5 Å². The van der Waals surface area contributed by atoms with Gasteiger partial charge in [0.15, 0.2) is 5.52 Å². The van der Waals surface area contributed by atoms with Crippen molar-refractivity contribution in [3.8, 4) is 0 Å². The molecule has 2 aliphatic heterocycles. The lowest BCUT2D eigenvalue weighted by Gasteiger charge is -2.32. The molecule has 0 saturated carbocycles. The third kappa shape index (κ3) is 3.02. The Balaban J connectivity index is 0.00000169. The summed E-state index contributed by atoms with van der Waals surface area (Å²) in [5, 5.41) is 10.8. The fourth-order valence-corrected chi connectivity index (χ4v) is 5.03. The quantitative estimate of drug-likeness (QED) is 0.827. The van der Waals surface area contributed by atoms with E-state index in [0.29, 0.717) is 30.2 Å². The topological polar surface area (TPSA) is 91.6 Å². The van der Waals surface area contributed by atoms with Crippen molar-refractivity contribution in [2.75, 3.05) is 39.3 Å². The molecule has 3 heterocycles. The van der Waals surface area contributed by atoms with Crippen LogP contribution >= 0.6 is 12.4 Å². The summed E-state index contributed by atoms with van der Waals surface area (Å²) in [5.74, 6) is 0. The second-order valence-electron chi connectivity index (χ2n) is 5.98. The first-order valence-electron chi connectivity index (χ1n) is 7.82. The van der Waals surface area contributed by atoms with Crippen LogP contribution in [-0.4, -0.2) is 73.2 Å². The Morgan fingerprint density at radius 2 is 1.96 bits per heavy atom. The largest absolute Gasteiger partial charge is 0.314 e. The average Bonchev–Trinajstić information content (AvgIpc) is 3.24. The Bertz CT molecular complexity index is 806. The summed E-state index contributed by atoms with van der Waals surface area (Å²) in [4.78, 5) is 2.56. The van der Waals surface area contributed by atoms with E-state index in [2.05, 4.69) is 25.2 Å². The number of hydrogen-bond donors (Lipinski definition) is 1. The van der Waals surface area contributed by atoms with Crippen LogP contribution in [-0.2, 0) is 10.0 Å². The normalized spacial score (nSPS) is 23.4. The van der Waals surface area contributed by atoms with Gasteiger partial charge < -0.3 is 5.32 Å². The fourth-order valence-electron chi connectivity index (χ4n) is 3.40. The van der Waals surface area contributed by atoms with Gasteiger partial charge in [-0.2, -0.15) is 4.31 Å². The molecule has 1 N–H and O–H groups in total. The molecule has 0 amide bonds. The van der Waals surface area contributed by atoms with Crippen molar-refractivity contribution >= 4 is 33.5 Å². The lowest BCUT2D eigenvalue weighted by Crippen LogP contribution is -2.49. The average molecular weight is 374 g/mol. The van der Waals surface area contributed by atoms with Crippen molar-refractivity contribution in [1.82, 2.24) is 24.8 Å². The molecule has 0 bridgehead atoms. The first kappa shape index (κ1) is 17.6. The van der Waals surface area contributed by atoms with Crippen LogP contribution in [0, 0.1) is 0 Å². The zero-order chi connectivity index (χ0) is 15.9. The standard InChI is InChI=1S/C14H19N5O3S.ClH/c20-23(21,13-3-1-2-12-14(13)17-22-16-12)19-7-4-11(10-19)18-8-5-15-6-9-18;/h1-3,11,15H,4-10H2;1H. The molecule has 1 atom stereocenters. The van der Waals surface area contributed by atoms with Crippen LogP contribution in [0.3, 0.4) is 0 Å². The van der Waals surface area contributed by atoms with Crippen molar-refractivity contribution < 1.29 is 13.0 Å². The molecule has 8 nitrogen and oxygen atoms in total. The van der Waals surface area contributed by atoms with Crippen LogP contribution in [0.25, 0.3) is 11.0 Å². The molecule has 10 heteroatoms. The van der Waals surface area contributed by atoms with Gasteiger partial charge in [-0.15, -0.1) is 12.4 Å². The second kappa shape index (κ2) is 6.93. The molecule has 0 aliphatic carbocycles. The van der Waals surface area contributed by atoms with Crippen molar-refractivity contribution in [2.24, 2.45) is 0 Å². The van der Waals surface area contributed by atoms with Gasteiger partial charge in [-0.25, -0.2) is 13.0 Å². The summed E-state index contributed by atoms with van der Waals surface area (Å²) in [6.07, 6.45) is 0.867. The number of aromatic nitrogens is 2. The molecule has 2 aliphatic rings. The van der Waals surface area contributed by atoms with Gasteiger partial charge in [0.05, 0.1) is 0 Å². The van der Waals surface area contributed by atoms with Crippen LogP contribution in [0.2, 0.25) is 0 Å². The summed E-state index contributed by atoms with van der Waals surface area (Å²) in [6, 6.07) is 5.23. The molecule has 1 aromatic carbocycles. The van der Waals surface area contributed by atoms with Gasteiger partial charge in [0.2, 0.25) is 10.0 Å². The van der Waals surface area contributed by atoms with E-state index in [4.69, 9.17) is 0 Å². The molecule has 132 valence electrons. The Morgan fingerprint density at radius 1 is 1.17 bits per heavy atom. The zero-order valence-corrected chi connectivity index (χ0v) is 14.7. The van der Waals surface area contributed by atoms with Gasteiger partial charge >= 0.3 is 0 Å². The Morgan fingerprint density at radius 3 is 2.75 bits per heavy atom. The van der Waals surface area contributed by atoms with Gasteiger partial charge in [0.25, 0.3) is 0 Å². The molecule has 2 saturated heterocycles. The van der Waals surface area contributed by atoms with Crippen LogP contribution in [0.1, 0.15) is 6.42 Å². The predicted octanol–water partition coefficient (Wildman–Crippen LogP) is 0.313. The minimum atomic E-state index is -3.58. The van der Waals surface area contributed by atoms with E-state index < -0.39 is 10.0 Å². The van der Waals surface area contributed by atoms with E-state index in [1.807, 2.05) is 0 Å². The summed E-state index contributed by atoms with van der Waals surface area (Å²) >= 11 is 0. The molecule has 4 rings (SSSR count). The molecule has 0 spiro atoms. The third-order valence-corrected chi connectivity index (χ3v) is 6.56. The number of hydrogen-bond acceptors (Lipinski definition) is 7. The molecule has 2 aromatic rings. The van der Waals surface area contributed by atoms with Crippen LogP contribution in [0.15, 0.2) is 27.7 Å². The molecule has 0 radical (unpaired) electrons. The molecule has 1 unspecified atom stereocenters. The first-order chi connectivity index (χ1) is 11.2. The first-order valence-corrected chi connectivity index (χ1v) is 9.26. The second-order valence-corrected chi connectivity index (χ2v) is 7.89. The number of rotatable bonds is 3. The van der Waals surface area contributed by atoms with Gasteiger partial charge in [0.1, 0.15) is 10.4 Å². The summed E-state index contributed by atoms with van der Waals surface area (Å²) in [6.45, 7) is 4.95. The van der Waals surface area contributed by atoms with E-state index in [0.717, 1.165) is 32.6 Å². The molecule has 2 fully saturated rings. The Labute approximate surface area is 146 Å². The monoisotopic (exact) mass is 373 g/mol. The minimum Gasteiger partial charge on any atom is -0.314 e. The highest BCUT2D eigenvalue weighted by Gasteiger charge is 2.36. The number of nitrogens with zero attached hydrogens (tertiary/aromatic N) is 4. The van der Waals surface area contributed by atoms with Gasteiger partial charge in [-0.1, -0.05) is 6.07 Å². The maximum atomic E-state index is 13.0. The third-order valence-electron chi connectivity index (χ3n) is 4.66. The smallest absolute Gasteiger partial charge is 0.245 e. The maximum Gasteiger partial charge on any atom is 0.245 e.